The zero-order valence-corrected chi connectivity index (χ0v) is 14.2. The number of hydrogen-bond acceptors (Lipinski definition) is 3. The number of unbranched alkanes of at least 4 members (excludes halogenated alkanes) is 1. The van der Waals surface area contributed by atoms with Crippen LogP contribution < -0.4 is 10.0 Å². The van der Waals surface area contributed by atoms with Gasteiger partial charge in [0.2, 0.25) is 10.0 Å². The minimum absolute atomic E-state index is 0.348. The summed E-state index contributed by atoms with van der Waals surface area (Å²) < 4.78 is 27.5. The van der Waals surface area contributed by atoms with Crippen LogP contribution in [0.25, 0.3) is 0 Å². The maximum absolute atomic E-state index is 12.4. The van der Waals surface area contributed by atoms with Gasteiger partial charge in [-0.05, 0) is 37.1 Å². The largest absolute Gasteiger partial charge is 0.316 e. The van der Waals surface area contributed by atoms with Gasteiger partial charge >= 0.3 is 0 Å². The Balaban J connectivity index is 2.70. The topological polar surface area (TPSA) is 58.2 Å². The highest BCUT2D eigenvalue weighted by molar-refractivity contribution is 7.89. The van der Waals surface area contributed by atoms with E-state index < -0.39 is 10.0 Å². The summed E-state index contributed by atoms with van der Waals surface area (Å²) in [6.45, 7) is 5.46. The Hall–Kier alpha value is -0.910. The van der Waals surface area contributed by atoms with Crippen LogP contribution in [0, 0.1) is 5.92 Å². The van der Waals surface area contributed by atoms with Gasteiger partial charge in [0.1, 0.15) is 0 Å². The predicted molar refractivity (Wildman–Crippen MR) is 87.7 cm³/mol. The van der Waals surface area contributed by atoms with Gasteiger partial charge in [-0.1, -0.05) is 45.2 Å². The van der Waals surface area contributed by atoms with Crippen LogP contribution in [0.2, 0.25) is 0 Å². The van der Waals surface area contributed by atoms with E-state index in [9.17, 15) is 8.42 Å². The third kappa shape index (κ3) is 6.16. The van der Waals surface area contributed by atoms with E-state index in [0.29, 0.717) is 23.9 Å². The van der Waals surface area contributed by atoms with Crippen molar-refractivity contribution in [1.29, 1.82) is 0 Å². The first-order valence-electron chi connectivity index (χ1n) is 7.76. The number of nitrogens with one attached hydrogen (secondary N) is 2. The lowest BCUT2D eigenvalue weighted by Gasteiger charge is -2.15. The van der Waals surface area contributed by atoms with E-state index in [-0.39, 0.29) is 0 Å². The first kappa shape index (κ1) is 18.1. The number of benzene rings is 1. The summed E-state index contributed by atoms with van der Waals surface area (Å²) in [6.07, 6.45) is 4.38. The van der Waals surface area contributed by atoms with Crippen LogP contribution >= 0.6 is 0 Å². The molecule has 1 rings (SSSR count). The van der Waals surface area contributed by atoms with Gasteiger partial charge in [-0.15, -0.1) is 0 Å². The van der Waals surface area contributed by atoms with Gasteiger partial charge in [-0.3, -0.25) is 0 Å². The highest BCUT2D eigenvalue weighted by Gasteiger charge is 2.16. The van der Waals surface area contributed by atoms with Crippen molar-refractivity contribution in [1.82, 2.24) is 10.0 Å². The lowest BCUT2D eigenvalue weighted by atomic mass is 10.00. The van der Waals surface area contributed by atoms with Gasteiger partial charge in [0.05, 0.1) is 4.90 Å². The molecule has 120 valence electrons. The van der Waals surface area contributed by atoms with Gasteiger partial charge in [0, 0.05) is 13.1 Å². The van der Waals surface area contributed by atoms with E-state index in [0.717, 1.165) is 31.2 Å². The van der Waals surface area contributed by atoms with Gasteiger partial charge in [-0.25, -0.2) is 13.1 Å². The van der Waals surface area contributed by atoms with Crippen molar-refractivity contribution in [3.8, 4) is 0 Å². The molecule has 0 bridgehead atoms. The molecule has 0 fully saturated rings. The molecule has 0 saturated heterocycles. The second-order valence-electron chi connectivity index (χ2n) is 5.45. The standard InChI is InChI=1S/C16H28N2O2S/c1-4-6-8-14(5-2)13-18-21(19,20)16-10-7-9-15(11-16)12-17-3/h7,9-11,14,17-18H,4-6,8,12-13H2,1-3H3. The molecule has 1 atom stereocenters. The molecule has 0 radical (unpaired) electrons. The molecular formula is C16H28N2O2S. The molecule has 4 nitrogen and oxygen atoms in total. The van der Waals surface area contributed by atoms with Gasteiger partial charge in [-0.2, -0.15) is 0 Å². The Labute approximate surface area is 129 Å². The van der Waals surface area contributed by atoms with Crippen molar-refractivity contribution < 1.29 is 8.42 Å². The van der Waals surface area contributed by atoms with E-state index >= 15 is 0 Å². The zero-order chi connectivity index (χ0) is 15.7. The molecule has 0 spiro atoms. The normalized spacial score (nSPS) is 13.3. The highest BCUT2D eigenvalue weighted by atomic mass is 32.2. The molecule has 0 aliphatic heterocycles. The van der Waals surface area contributed by atoms with Crippen LogP contribution in [0.5, 0.6) is 0 Å². The Morgan fingerprint density at radius 2 is 2.00 bits per heavy atom. The van der Waals surface area contributed by atoms with Crippen molar-refractivity contribution in [2.75, 3.05) is 13.6 Å². The minimum Gasteiger partial charge on any atom is -0.316 e. The molecule has 0 amide bonds. The maximum Gasteiger partial charge on any atom is 0.240 e. The molecular weight excluding hydrogens is 284 g/mol. The lowest BCUT2D eigenvalue weighted by molar-refractivity contribution is 0.443. The molecule has 1 unspecified atom stereocenters. The third-order valence-corrected chi connectivity index (χ3v) is 5.12. The molecule has 5 heteroatoms. The van der Waals surface area contributed by atoms with Crippen molar-refractivity contribution in [2.24, 2.45) is 5.92 Å². The van der Waals surface area contributed by atoms with Gasteiger partial charge in [0.15, 0.2) is 0 Å². The number of sulfonamides is 1. The Kier molecular flexibility index (Phi) is 7.93. The summed E-state index contributed by atoms with van der Waals surface area (Å²) in [5, 5.41) is 3.03. The molecule has 0 heterocycles. The summed E-state index contributed by atoms with van der Waals surface area (Å²) in [5.41, 5.74) is 0.971. The molecule has 21 heavy (non-hydrogen) atoms. The Morgan fingerprint density at radius 3 is 2.62 bits per heavy atom. The third-order valence-electron chi connectivity index (χ3n) is 3.69. The molecule has 1 aromatic rings. The van der Waals surface area contributed by atoms with E-state index in [4.69, 9.17) is 0 Å². The summed E-state index contributed by atoms with van der Waals surface area (Å²) in [6, 6.07) is 7.08. The second kappa shape index (κ2) is 9.18. The van der Waals surface area contributed by atoms with E-state index in [1.54, 1.807) is 18.2 Å². The molecule has 0 aliphatic carbocycles. The van der Waals surface area contributed by atoms with Crippen LogP contribution in [0.1, 0.15) is 45.1 Å². The van der Waals surface area contributed by atoms with Gasteiger partial charge in [0.25, 0.3) is 0 Å². The minimum atomic E-state index is -3.41. The van der Waals surface area contributed by atoms with E-state index in [1.165, 1.54) is 0 Å². The van der Waals surface area contributed by atoms with Crippen LogP contribution in [0.3, 0.4) is 0 Å². The quantitative estimate of drug-likeness (QED) is 0.698. The zero-order valence-electron chi connectivity index (χ0n) is 13.4. The van der Waals surface area contributed by atoms with Crippen LogP contribution in [-0.2, 0) is 16.6 Å². The van der Waals surface area contributed by atoms with E-state index in [1.807, 2.05) is 13.1 Å². The Morgan fingerprint density at radius 1 is 1.24 bits per heavy atom. The monoisotopic (exact) mass is 312 g/mol. The molecule has 0 aliphatic rings. The van der Waals surface area contributed by atoms with E-state index in [2.05, 4.69) is 23.9 Å². The molecule has 0 saturated carbocycles. The van der Waals surface area contributed by atoms with Crippen LogP contribution in [0.4, 0.5) is 0 Å². The fraction of sp³-hybridized carbons (Fsp3) is 0.625. The van der Waals surface area contributed by atoms with Crippen molar-refractivity contribution >= 4 is 10.0 Å². The predicted octanol–water partition coefficient (Wildman–Crippen LogP) is 2.90. The molecule has 2 N–H and O–H groups in total. The summed E-state index contributed by atoms with van der Waals surface area (Å²) >= 11 is 0. The smallest absolute Gasteiger partial charge is 0.240 e. The summed E-state index contributed by atoms with van der Waals surface area (Å²) in [7, 11) is -1.56. The average Bonchev–Trinajstić information content (AvgIpc) is 2.48. The number of hydrogen-bond donors (Lipinski definition) is 2. The summed E-state index contributed by atoms with van der Waals surface area (Å²) in [4.78, 5) is 0.348. The summed E-state index contributed by atoms with van der Waals surface area (Å²) in [5.74, 6) is 0.417. The molecule has 1 aromatic carbocycles. The van der Waals surface area contributed by atoms with Crippen molar-refractivity contribution in [3.05, 3.63) is 29.8 Å². The van der Waals surface area contributed by atoms with Gasteiger partial charge < -0.3 is 5.32 Å². The second-order valence-corrected chi connectivity index (χ2v) is 7.21. The Bertz CT molecular complexity index is 515. The number of rotatable bonds is 10. The average molecular weight is 312 g/mol. The van der Waals surface area contributed by atoms with Crippen LogP contribution in [-0.4, -0.2) is 22.0 Å². The maximum atomic E-state index is 12.4. The first-order chi connectivity index (χ1) is 10.0. The van der Waals surface area contributed by atoms with Crippen molar-refractivity contribution in [3.63, 3.8) is 0 Å². The van der Waals surface area contributed by atoms with Crippen LogP contribution in [0.15, 0.2) is 29.2 Å². The lowest BCUT2D eigenvalue weighted by Crippen LogP contribution is -2.29. The fourth-order valence-electron chi connectivity index (χ4n) is 2.28. The highest BCUT2D eigenvalue weighted by Crippen LogP contribution is 2.15. The SMILES string of the molecule is CCCCC(CC)CNS(=O)(=O)c1cccc(CNC)c1. The molecule has 0 aromatic heterocycles. The first-order valence-corrected chi connectivity index (χ1v) is 9.25. The van der Waals surface area contributed by atoms with Crippen molar-refractivity contribution in [2.45, 2.75) is 51.0 Å². The fourth-order valence-corrected chi connectivity index (χ4v) is 3.47.